The van der Waals surface area contributed by atoms with Crippen LogP contribution in [0.4, 0.5) is 0 Å². The number of carbonyl (C=O) groups excluding carboxylic acids is 1. The van der Waals surface area contributed by atoms with Gasteiger partial charge in [-0.3, -0.25) is 4.79 Å². The lowest BCUT2D eigenvalue weighted by Crippen LogP contribution is -2.31. The number of Topliss-reactive ketones (excluding diaryl/α,β-unsaturated/α-hetero) is 1. The SMILES string of the molecule is CC(=O)c1cccc(S(=O)(=O)N[C@H]2CCCc3ccccc32)c1. The first-order valence-corrected chi connectivity index (χ1v) is 9.17. The first-order valence-electron chi connectivity index (χ1n) is 7.68. The molecule has 0 amide bonds. The van der Waals surface area contributed by atoms with Gasteiger partial charge < -0.3 is 0 Å². The Bertz CT molecular complexity index is 843. The molecule has 0 aromatic heterocycles. The van der Waals surface area contributed by atoms with Crippen molar-refractivity contribution < 1.29 is 13.2 Å². The molecule has 0 fully saturated rings. The Morgan fingerprint density at radius 3 is 2.70 bits per heavy atom. The van der Waals surface area contributed by atoms with Gasteiger partial charge in [0.25, 0.3) is 0 Å². The van der Waals surface area contributed by atoms with Gasteiger partial charge in [0.15, 0.2) is 5.78 Å². The van der Waals surface area contributed by atoms with Crippen LogP contribution in [-0.4, -0.2) is 14.2 Å². The average Bonchev–Trinajstić information content (AvgIpc) is 2.55. The Kier molecular flexibility index (Phi) is 4.33. The molecule has 0 saturated heterocycles. The van der Waals surface area contributed by atoms with Crippen molar-refractivity contribution in [1.29, 1.82) is 0 Å². The highest BCUT2D eigenvalue weighted by molar-refractivity contribution is 7.89. The summed E-state index contributed by atoms with van der Waals surface area (Å²) in [5, 5.41) is 0. The van der Waals surface area contributed by atoms with Crippen molar-refractivity contribution in [2.24, 2.45) is 0 Å². The Morgan fingerprint density at radius 2 is 1.91 bits per heavy atom. The second-order valence-corrected chi connectivity index (χ2v) is 7.56. The lowest BCUT2D eigenvalue weighted by Gasteiger charge is -2.26. The molecule has 0 aliphatic heterocycles. The van der Waals surface area contributed by atoms with Gasteiger partial charge in [-0.2, -0.15) is 0 Å². The van der Waals surface area contributed by atoms with Gasteiger partial charge in [-0.05, 0) is 49.4 Å². The Morgan fingerprint density at radius 1 is 1.13 bits per heavy atom. The van der Waals surface area contributed by atoms with Crippen molar-refractivity contribution in [3.63, 3.8) is 0 Å². The molecule has 1 atom stereocenters. The van der Waals surface area contributed by atoms with Crippen LogP contribution >= 0.6 is 0 Å². The third kappa shape index (κ3) is 3.35. The zero-order valence-corrected chi connectivity index (χ0v) is 13.8. The molecule has 0 heterocycles. The molecule has 3 rings (SSSR count). The van der Waals surface area contributed by atoms with Crippen molar-refractivity contribution in [3.8, 4) is 0 Å². The van der Waals surface area contributed by atoms with Crippen molar-refractivity contribution in [1.82, 2.24) is 4.72 Å². The van der Waals surface area contributed by atoms with E-state index in [-0.39, 0.29) is 16.7 Å². The highest BCUT2D eigenvalue weighted by Crippen LogP contribution is 2.30. The number of rotatable bonds is 4. The molecule has 23 heavy (non-hydrogen) atoms. The van der Waals surface area contributed by atoms with Gasteiger partial charge in [0.05, 0.1) is 4.90 Å². The van der Waals surface area contributed by atoms with Crippen molar-refractivity contribution in [3.05, 3.63) is 65.2 Å². The third-order valence-corrected chi connectivity index (χ3v) is 5.69. The maximum atomic E-state index is 12.7. The Labute approximate surface area is 136 Å². The normalized spacial score (nSPS) is 17.5. The van der Waals surface area contributed by atoms with Crippen LogP contribution in [0.15, 0.2) is 53.4 Å². The molecule has 1 N–H and O–H groups in total. The van der Waals surface area contributed by atoms with Crippen LogP contribution in [0.3, 0.4) is 0 Å². The second-order valence-electron chi connectivity index (χ2n) is 5.85. The van der Waals surface area contributed by atoms with E-state index in [0.717, 1.165) is 24.8 Å². The topological polar surface area (TPSA) is 63.2 Å². The molecule has 0 saturated carbocycles. The summed E-state index contributed by atoms with van der Waals surface area (Å²) < 4.78 is 28.1. The zero-order valence-electron chi connectivity index (χ0n) is 13.0. The number of ketones is 1. The molecule has 0 spiro atoms. The van der Waals surface area contributed by atoms with Gasteiger partial charge in [-0.1, -0.05) is 36.4 Å². The molecular formula is C18H19NO3S. The zero-order chi connectivity index (χ0) is 16.4. The summed E-state index contributed by atoms with van der Waals surface area (Å²) in [5.41, 5.74) is 2.64. The number of aryl methyl sites for hydroxylation is 1. The maximum absolute atomic E-state index is 12.7. The van der Waals surface area contributed by atoms with E-state index in [1.807, 2.05) is 24.3 Å². The number of nitrogens with one attached hydrogen (secondary N) is 1. The molecule has 1 aliphatic carbocycles. The van der Waals surface area contributed by atoms with E-state index in [1.54, 1.807) is 12.1 Å². The summed E-state index contributed by atoms with van der Waals surface area (Å²) in [5.74, 6) is -0.148. The standard InChI is InChI=1S/C18H19NO3S/c1-13(20)15-8-4-9-16(12-15)23(21,22)19-18-11-5-7-14-6-2-3-10-17(14)18/h2-4,6,8-10,12,18-19H,5,7,11H2,1H3/t18-/m0/s1. The van der Waals surface area contributed by atoms with Gasteiger partial charge in [0, 0.05) is 11.6 Å². The quantitative estimate of drug-likeness (QED) is 0.876. The van der Waals surface area contributed by atoms with E-state index in [1.165, 1.54) is 24.6 Å². The molecule has 2 aromatic carbocycles. The summed E-state index contributed by atoms with van der Waals surface area (Å²) in [6.07, 6.45) is 2.72. The fourth-order valence-corrected chi connectivity index (χ4v) is 4.31. The smallest absolute Gasteiger partial charge is 0.241 e. The highest BCUT2D eigenvalue weighted by Gasteiger charge is 2.25. The van der Waals surface area contributed by atoms with Crippen LogP contribution in [0.25, 0.3) is 0 Å². The predicted octanol–water partition coefficient (Wildman–Crippen LogP) is 3.25. The lowest BCUT2D eigenvalue weighted by atomic mass is 9.88. The van der Waals surface area contributed by atoms with E-state index in [0.29, 0.717) is 5.56 Å². The van der Waals surface area contributed by atoms with Crippen molar-refractivity contribution in [2.75, 3.05) is 0 Å². The van der Waals surface area contributed by atoms with Crippen LogP contribution in [0.1, 0.15) is 47.3 Å². The molecule has 0 bridgehead atoms. The summed E-state index contributed by atoms with van der Waals surface area (Å²) >= 11 is 0. The molecule has 1 aliphatic rings. The molecular weight excluding hydrogens is 310 g/mol. The monoisotopic (exact) mass is 329 g/mol. The number of benzene rings is 2. The second kappa shape index (κ2) is 6.26. The van der Waals surface area contributed by atoms with E-state index < -0.39 is 10.0 Å². The third-order valence-electron chi connectivity index (χ3n) is 4.22. The van der Waals surface area contributed by atoms with Gasteiger partial charge in [-0.15, -0.1) is 0 Å². The van der Waals surface area contributed by atoms with Crippen LogP contribution in [0.5, 0.6) is 0 Å². The van der Waals surface area contributed by atoms with Crippen molar-refractivity contribution >= 4 is 15.8 Å². The number of sulfonamides is 1. The molecule has 120 valence electrons. The van der Waals surface area contributed by atoms with E-state index in [4.69, 9.17) is 0 Å². The summed E-state index contributed by atoms with van der Waals surface area (Å²) in [7, 11) is -3.66. The first kappa shape index (κ1) is 15.9. The molecule has 2 aromatic rings. The summed E-state index contributed by atoms with van der Waals surface area (Å²) in [4.78, 5) is 11.6. The summed E-state index contributed by atoms with van der Waals surface area (Å²) in [6.45, 7) is 1.43. The minimum absolute atomic E-state index is 0.133. The largest absolute Gasteiger partial charge is 0.295 e. The van der Waals surface area contributed by atoms with Gasteiger partial charge >= 0.3 is 0 Å². The minimum atomic E-state index is -3.66. The Hall–Kier alpha value is -1.98. The molecule has 0 radical (unpaired) electrons. The summed E-state index contributed by atoms with van der Waals surface area (Å²) in [6, 6.07) is 13.9. The van der Waals surface area contributed by atoms with E-state index >= 15 is 0 Å². The van der Waals surface area contributed by atoms with Crippen LogP contribution in [0, 0.1) is 0 Å². The minimum Gasteiger partial charge on any atom is -0.295 e. The van der Waals surface area contributed by atoms with E-state index in [9.17, 15) is 13.2 Å². The van der Waals surface area contributed by atoms with Crippen molar-refractivity contribution in [2.45, 2.75) is 37.1 Å². The van der Waals surface area contributed by atoms with Crippen LogP contribution in [-0.2, 0) is 16.4 Å². The Balaban J connectivity index is 1.91. The molecule has 4 nitrogen and oxygen atoms in total. The molecule has 5 heteroatoms. The number of hydrogen-bond donors (Lipinski definition) is 1. The van der Waals surface area contributed by atoms with Gasteiger partial charge in [0.2, 0.25) is 10.0 Å². The maximum Gasteiger partial charge on any atom is 0.241 e. The molecule has 0 unspecified atom stereocenters. The lowest BCUT2D eigenvalue weighted by molar-refractivity contribution is 0.101. The fraction of sp³-hybridized carbons (Fsp3) is 0.278. The highest BCUT2D eigenvalue weighted by atomic mass is 32.2. The van der Waals surface area contributed by atoms with Gasteiger partial charge in [0.1, 0.15) is 0 Å². The van der Waals surface area contributed by atoms with E-state index in [2.05, 4.69) is 4.72 Å². The number of fused-ring (bicyclic) bond motifs is 1. The predicted molar refractivity (Wildman–Crippen MR) is 88.9 cm³/mol. The average molecular weight is 329 g/mol. The number of carbonyl (C=O) groups is 1. The van der Waals surface area contributed by atoms with Gasteiger partial charge in [-0.25, -0.2) is 13.1 Å². The fourth-order valence-electron chi connectivity index (χ4n) is 3.01. The van der Waals surface area contributed by atoms with Crippen LogP contribution in [0.2, 0.25) is 0 Å². The first-order chi connectivity index (χ1) is 11.0. The number of hydrogen-bond acceptors (Lipinski definition) is 3. The van der Waals surface area contributed by atoms with Crippen LogP contribution < -0.4 is 4.72 Å².